The number of nitrogens with two attached hydrogens (primary N) is 1. The Hall–Kier alpha value is -0.390. The summed E-state index contributed by atoms with van der Waals surface area (Å²) in [6, 6.07) is 0.200. The lowest BCUT2D eigenvalue weighted by molar-refractivity contribution is 0.217. The standard InChI is InChI=1S/C14H25BrN4/c1-3-7-19-14(12(15)9-17-19)13(18-16)11-6-4-5-10(2)8-11/h9-11,13,18H,3-8,16H2,1-2H3. The van der Waals surface area contributed by atoms with E-state index in [4.69, 9.17) is 5.84 Å². The number of nitrogens with one attached hydrogen (secondary N) is 1. The third-order valence-corrected chi connectivity index (χ3v) is 4.80. The van der Waals surface area contributed by atoms with E-state index in [0.29, 0.717) is 5.92 Å². The zero-order chi connectivity index (χ0) is 13.8. The van der Waals surface area contributed by atoms with Gasteiger partial charge in [-0.25, -0.2) is 0 Å². The summed E-state index contributed by atoms with van der Waals surface area (Å²) in [5.74, 6) is 7.27. The lowest BCUT2D eigenvalue weighted by Gasteiger charge is -2.33. The molecule has 5 heteroatoms. The minimum Gasteiger partial charge on any atom is -0.271 e. The van der Waals surface area contributed by atoms with Gasteiger partial charge in [-0.15, -0.1) is 0 Å². The van der Waals surface area contributed by atoms with Crippen LogP contribution in [0.5, 0.6) is 0 Å². The number of hydrogen-bond acceptors (Lipinski definition) is 3. The normalized spacial score (nSPS) is 25.5. The monoisotopic (exact) mass is 328 g/mol. The predicted octanol–water partition coefficient (Wildman–Crippen LogP) is 3.39. The molecule has 1 heterocycles. The molecule has 108 valence electrons. The number of aryl methyl sites for hydroxylation is 1. The summed E-state index contributed by atoms with van der Waals surface area (Å²) >= 11 is 3.63. The minimum atomic E-state index is 0.200. The van der Waals surface area contributed by atoms with Gasteiger partial charge in [-0.2, -0.15) is 5.10 Å². The molecule has 0 radical (unpaired) electrons. The summed E-state index contributed by atoms with van der Waals surface area (Å²) in [6.07, 6.45) is 8.13. The number of rotatable bonds is 5. The predicted molar refractivity (Wildman–Crippen MR) is 81.4 cm³/mol. The van der Waals surface area contributed by atoms with Crippen molar-refractivity contribution in [1.29, 1.82) is 0 Å². The summed E-state index contributed by atoms with van der Waals surface area (Å²) in [4.78, 5) is 0. The van der Waals surface area contributed by atoms with E-state index < -0.39 is 0 Å². The van der Waals surface area contributed by atoms with Gasteiger partial charge >= 0.3 is 0 Å². The van der Waals surface area contributed by atoms with Gasteiger partial charge in [0.2, 0.25) is 0 Å². The van der Waals surface area contributed by atoms with Gasteiger partial charge in [-0.05, 0) is 47.0 Å². The topological polar surface area (TPSA) is 55.9 Å². The molecule has 1 fully saturated rings. The van der Waals surface area contributed by atoms with Gasteiger partial charge in [-0.1, -0.05) is 26.7 Å². The SMILES string of the molecule is CCCn1ncc(Br)c1C(NN)C1CCCC(C)C1. The number of hydrazine groups is 1. The number of halogens is 1. The van der Waals surface area contributed by atoms with Crippen LogP contribution < -0.4 is 11.3 Å². The van der Waals surface area contributed by atoms with Crippen molar-refractivity contribution in [2.75, 3.05) is 0 Å². The quantitative estimate of drug-likeness (QED) is 0.643. The van der Waals surface area contributed by atoms with Crippen molar-refractivity contribution in [2.24, 2.45) is 17.7 Å². The average molecular weight is 329 g/mol. The fraction of sp³-hybridized carbons (Fsp3) is 0.786. The first-order chi connectivity index (χ1) is 9.17. The fourth-order valence-corrected chi connectivity index (χ4v) is 3.84. The van der Waals surface area contributed by atoms with Crippen LogP contribution in [0.4, 0.5) is 0 Å². The van der Waals surface area contributed by atoms with E-state index in [1.165, 1.54) is 31.4 Å². The maximum absolute atomic E-state index is 5.86. The van der Waals surface area contributed by atoms with E-state index in [1.807, 2.05) is 6.20 Å². The van der Waals surface area contributed by atoms with Crippen LogP contribution in [0, 0.1) is 11.8 Å². The second-order valence-electron chi connectivity index (χ2n) is 5.78. The molecule has 19 heavy (non-hydrogen) atoms. The highest BCUT2D eigenvalue weighted by molar-refractivity contribution is 9.10. The summed E-state index contributed by atoms with van der Waals surface area (Å²) in [7, 11) is 0. The summed E-state index contributed by atoms with van der Waals surface area (Å²) in [6.45, 7) is 5.46. The van der Waals surface area contributed by atoms with Gasteiger partial charge in [0.05, 0.1) is 22.4 Å². The molecule has 3 unspecified atom stereocenters. The van der Waals surface area contributed by atoms with E-state index in [9.17, 15) is 0 Å². The smallest absolute Gasteiger partial charge is 0.0712 e. The first-order valence-corrected chi connectivity index (χ1v) is 8.14. The lowest BCUT2D eigenvalue weighted by atomic mass is 9.78. The summed E-state index contributed by atoms with van der Waals surface area (Å²) in [5.41, 5.74) is 4.26. The van der Waals surface area contributed by atoms with Crippen molar-refractivity contribution in [3.8, 4) is 0 Å². The summed E-state index contributed by atoms with van der Waals surface area (Å²) < 4.78 is 3.16. The molecule has 0 bridgehead atoms. The zero-order valence-electron chi connectivity index (χ0n) is 11.9. The molecule has 1 aromatic rings. The van der Waals surface area contributed by atoms with Crippen LogP contribution in [0.25, 0.3) is 0 Å². The van der Waals surface area contributed by atoms with Gasteiger partial charge in [0.15, 0.2) is 0 Å². The Balaban J connectivity index is 2.23. The Bertz CT molecular complexity index is 404. The molecule has 2 rings (SSSR count). The maximum Gasteiger partial charge on any atom is 0.0712 e. The van der Waals surface area contributed by atoms with Crippen LogP contribution in [-0.4, -0.2) is 9.78 Å². The van der Waals surface area contributed by atoms with E-state index in [2.05, 4.69) is 45.0 Å². The molecule has 0 aromatic carbocycles. The van der Waals surface area contributed by atoms with Crippen LogP contribution in [0.1, 0.15) is 57.7 Å². The third-order valence-electron chi connectivity index (χ3n) is 4.19. The van der Waals surface area contributed by atoms with Crippen molar-refractivity contribution in [2.45, 2.75) is 58.5 Å². The third kappa shape index (κ3) is 3.38. The molecule has 3 atom stereocenters. The molecular formula is C14H25BrN4. The van der Waals surface area contributed by atoms with Gasteiger partial charge in [0.25, 0.3) is 0 Å². The molecule has 0 amide bonds. The van der Waals surface area contributed by atoms with E-state index in [-0.39, 0.29) is 6.04 Å². The van der Waals surface area contributed by atoms with Gasteiger partial charge < -0.3 is 0 Å². The summed E-state index contributed by atoms with van der Waals surface area (Å²) in [5, 5.41) is 4.46. The first kappa shape index (κ1) is 15.0. The van der Waals surface area contributed by atoms with Crippen molar-refractivity contribution in [3.05, 3.63) is 16.4 Å². The maximum atomic E-state index is 5.86. The zero-order valence-corrected chi connectivity index (χ0v) is 13.5. The molecule has 0 spiro atoms. The molecule has 1 aliphatic rings. The Labute approximate surface area is 124 Å². The molecule has 3 N–H and O–H groups in total. The van der Waals surface area contributed by atoms with Crippen molar-refractivity contribution < 1.29 is 0 Å². The molecule has 1 aromatic heterocycles. The van der Waals surface area contributed by atoms with Gasteiger partial charge in [0, 0.05) is 6.54 Å². The van der Waals surface area contributed by atoms with Gasteiger partial charge in [0.1, 0.15) is 0 Å². The number of hydrogen-bond donors (Lipinski definition) is 2. The van der Waals surface area contributed by atoms with Crippen LogP contribution in [0.15, 0.2) is 10.7 Å². The highest BCUT2D eigenvalue weighted by Gasteiger charge is 2.30. The number of aromatic nitrogens is 2. The van der Waals surface area contributed by atoms with Crippen molar-refractivity contribution in [1.82, 2.24) is 15.2 Å². The largest absolute Gasteiger partial charge is 0.271 e. The lowest BCUT2D eigenvalue weighted by Crippen LogP contribution is -2.37. The number of nitrogens with zero attached hydrogens (tertiary/aromatic N) is 2. The Morgan fingerprint density at radius 1 is 1.58 bits per heavy atom. The van der Waals surface area contributed by atoms with Crippen LogP contribution in [-0.2, 0) is 6.54 Å². The van der Waals surface area contributed by atoms with E-state index in [0.717, 1.165) is 23.4 Å². The molecule has 0 aliphatic heterocycles. The highest BCUT2D eigenvalue weighted by Crippen LogP contribution is 2.38. The van der Waals surface area contributed by atoms with E-state index >= 15 is 0 Å². The Morgan fingerprint density at radius 2 is 2.37 bits per heavy atom. The van der Waals surface area contributed by atoms with Crippen molar-refractivity contribution in [3.63, 3.8) is 0 Å². The fourth-order valence-electron chi connectivity index (χ4n) is 3.29. The molecule has 0 saturated heterocycles. The van der Waals surface area contributed by atoms with Crippen molar-refractivity contribution >= 4 is 15.9 Å². The Kier molecular flexibility index (Phi) is 5.42. The molecule has 1 saturated carbocycles. The van der Waals surface area contributed by atoms with Gasteiger partial charge in [-0.3, -0.25) is 16.0 Å². The minimum absolute atomic E-state index is 0.200. The molecule has 4 nitrogen and oxygen atoms in total. The second-order valence-corrected chi connectivity index (χ2v) is 6.63. The Morgan fingerprint density at radius 3 is 3.00 bits per heavy atom. The van der Waals surface area contributed by atoms with Crippen LogP contribution in [0.3, 0.4) is 0 Å². The van der Waals surface area contributed by atoms with E-state index in [1.54, 1.807) is 0 Å². The highest BCUT2D eigenvalue weighted by atomic mass is 79.9. The van der Waals surface area contributed by atoms with Crippen LogP contribution in [0.2, 0.25) is 0 Å². The average Bonchev–Trinajstić information content (AvgIpc) is 2.74. The first-order valence-electron chi connectivity index (χ1n) is 7.34. The molecular weight excluding hydrogens is 304 g/mol. The van der Waals surface area contributed by atoms with Crippen LogP contribution >= 0.6 is 15.9 Å². The second kappa shape index (κ2) is 6.86. The molecule has 1 aliphatic carbocycles.